The number of hydrogen-bond donors (Lipinski definition) is 2. The van der Waals surface area contributed by atoms with Crippen LogP contribution in [0.4, 0.5) is 0 Å². The molecule has 1 saturated heterocycles. The van der Waals surface area contributed by atoms with Crippen LogP contribution in [0.1, 0.15) is 39.5 Å². The SMILES string of the molecule is CCNC(C)CCNC1CCN(C2CC2)C1. The highest BCUT2D eigenvalue weighted by molar-refractivity contribution is 4.91. The lowest BCUT2D eigenvalue weighted by atomic mass is 10.2. The summed E-state index contributed by atoms with van der Waals surface area (Å²) in [4.78, 5) is 2.67. The lowest BCUT2D eigenvalue weighted by Gasteiger charge is -2.17. The van der Waals surface area contributed by atoms with Crippen molar-refractivity contribution < 1.29 is 0 Å². The van der Waals surface area contributed by atoms with Crippen LogP contribution in [0.15, 0.2) is 0 Å². The van der Waals surface area contributed by atoms with Gasteiger partial charge in [-0.15, -0.1) is 0 Å². The smallest absolute Gasteiger partial charge is 0.0207 e. The van der Waals surface area contributed by atoms with Crippen LogP contribution in [0, 0.1) is 0 Å². The largest absolute Gasteiger partial charge is 0.314 e. The van der Waals surface area contributed by atoms with Crippen molar-refractivity contribution in [3.63, 3.8) is 0 Å². The minimum absolute atomic E-state index is 0.651. The molecule has 0 amide bonds. The molecule has 2 N–H and O–H groups in total. The molecule has 2 unspecified atom stereocenters. The van der Waals surface area contributed by atoms with Crippen LogP contribution in [0.5, 0.6) is 0 Å². The Morgan fingerprint density at radius 2 is 2.12 bits per heavy atom. The van der Waals surface area contributed by atoms with E-state index in [-0.39, 0.29) is 0 Å². The van der Waals surface area contributed by atoms with Crippen molar-refractivity contribution >= 4 is 0 Å². The fourth-order valence-electron chi connectivity index (χ4n) is 2.68. The van der Waals surface area contributed by atoms with Gasteiger partial charge in [0.25, 0.3) is 0 Å². The first-order valence-electron chi connectivity index (χ1n) is 7.00. The molecule has 16 heavy (non-hydrogen) atoms. The summed E-state index contributed by atoms with van der Waals surface area (Å²) in [6.07, 6.45) is 5.49. The predicted molar refractivity (Wildman–Crippen MR) is 68.8 cm³/mol. The summed E-state index contributed by atoms with van der Waals surface area (Å²) in [7, 11) is 0. The van der Waals surface area contributed by atoms with Crippen molar-refractivity contribution in [2.75, 3.05) is 26.2 Å². The highest BCUT2D eigenvalue weighted by atomic mass is 15.2. The van der Waals surface area contributed by atoms with Crippen LogP contribution in [0.2, 0.25) is 0 Å². The van der Waals surface area contributed by atoms with Crippen molar-refractivity contribution in [3.8, 4) is 0 Å². The van der Waals surface area contributed by atoms with E-state index in [0.717, 1.165) is 25.2 Å². The zero-order valence-corrected chi connectivity index (χ0v) is 10.8. The van der Waals surface area contributed by atoms with Crippen molar-refractivity contribution in [1.82, 2.24) is 15.5 Å². The zero-order chi connectivity index (χ0) is 11.4. The first-order valence-corrected chi connectivity index (χ1v) is 7.00. The minimum atomic E-state index is 0.651. The maximum absolute atomic E-state index is 3.70. The molecule has 94 valence electrons. The summed E-state index contributed by atoms with van der Waals surface area (Å²) < 4.78 is 0. The van der Waals surface area contributed by atoms with Gasteiger partial charge in [-0.3, -0.25) is 4.90 Å². The highest BCUT2D eigenvalue weighted by Gasteiger charge is 2.33. The molecule has 0 aromatic heterocycles. The molecule has 1 saturated carbocycles. The number of rotatable bonds is 7. The van der Waals surface area contributed by atoms with Crippen LogP contribution in [-0.2, 0) is 0 Å². The summed E-state index contributed by atoms with van der Waals surface area (Å²) in [6, 6.07) is 2.36. The van der Waals surface area contributed by atoms with Crippen LogP contribution in [-0.4, -0.2) is 49.2 Å². The Bertz CT molecular complexity index is 203. The normalized spacial score (nSPS) is 28.5. The number of hydrogen-bond acceptors (Lipinski definition) is 3. The second-order valence-electron chi connectivity index (χ2n) is 5.41. The summed E-state index contributed by atoms with van der Waals surface area (Å²) >= 11 is 0. The van der Waals surface area contributed by atoms with E-state index in [2.05, 4.69) is 29.4 Å². The van der Waals surface area contributed by atoms with Gasteiger partial charge in [0.05, 0.1) is 0 Å². The Morgan fingerprint density at radius 1 is 1.31 bits per heavy atom. The number of nitrogens with one attached hydrogen (secondary N) is 2. The highest BCUT2D eigenvalue weighted by Crippen LogP contribution is 2.29. The van der Waals surface area contributed by atoms with E-state index in [1.54, 1.807) is 0 Å². The quantitative estimate of drug-likeness (QED) is 0.682. The lowest BCUT2D eigenvalue weighted by Crippen LogP contribution is -2.36. The first-order chi connectivity index (χ1) is 7.79. The molecule has 1 aliphatic carbocycles. The predicted octanol–water partition coefficient (Wildman–Crippen LogP) is 1.20. The van der Waals surface area contributed by atoms with Crippen molar-refractivity contribution in [2.45, 2.75) is 57.7 Å². The average molecular weight is 225 g/mol. The molecule has 2 atom stereocenters. The number of likely N-dealkylation sites (tertiary alicyclic amines) is 1. The molecular formula is C13H27N3. The van der Waals surface area contributed by atoms with Crippen molar-refractivity contribution in [1.29, 1.82) is 0 Å². The molecule has 3 nitrogen and oxygen atoms in total. The topological polar surface area (TPSA) is 27.3 Å². The molecule has 1 heterocycles. The van der Waals surface area contributed by atoms with Gasteiger partial charge in [0.2, 0.25) is 0 Å². The molecule has 2 rings (SSSR count). The third-order valence-corrected chi connectivity index (χ3v) is 3.85. The van der Waals surface area contributed by atoms with E-state index in [1.807, 2.05) is 0 Å². The number of nitrogens with zero attached hydrogens (tertiary/aromatic N) is 1. The monoisotopic (exact) mass is 225 g/mol. The van der Waals surface area contributed by atoms with E-state index < -0.39 is 0 Å². The molecule has 0 spiro atoms. The Hall–Kier alpha value is -0.120. The maximum Gasteiger partial charge on any atom is 0.0207 e. The molecule has 0 radical (unpaired) electrons. The van der Waals surface area contributed by atoms with Crippen LogP contribution < -0.4 is 10.6 Å². The molecule has 0 bridgehead atoms. The van der Waals surface area contributed by atoms with Gasteiger partial charge >= 0.3 is 0 Å². The van der Waals surface area contributed by atoms with E-state index in [0.29, 0.717) is 6.04 Å². The molecule has 1 aliphatic heterocycles. The Kier molecular flexibility index (Phi) is 4.62. The van der Waals surface area contributed by atoms with Gasteiger partial charge in [0, 0.05) is 31.2 Å². The van der Waals surface area contributed by atoms with Crippen molar-refractivity contribution in [2.24, 2.45) is 0 Å². The fraction of sp³-hybridized carbons (Fsp3) is 1.00. The zero-order valence-electron chi connectivity index (χ0n) is 10.8. The van der Waals surface area contributed by atoms with Gasteiger partial charge < -0.3 is 10.6 Å². The Balaban J connectivity index is 1.53. The third kappa shape index (κ3) is 3.72. The molecule has 2 aliphatic rings. The van der Waals surface area contributed by atoms with Crippen molar-refractivity contribution in [3.05, 3.63) is 0 Å². The first kappa shape index (κ1) is 12.3. The van der Waals surface area contributed by atoms with Gasteiger partial charge in [-0.2, -0.15) is 0 Å². The van der Waals surface area contributed by atoms with Crippen LogP contribution in [0.3, 0.4) is 0 Å². The van der Waals surface area contributed by atoms with Gasteiger partial charge in [0.15, 0.2) is 0 Å². The molecular weight excluding hydrogens is 198 g/mol. The second kappa shape index (κ2) is 5.99. The van der Waals surface area contributed by atoms with Gasteiger partial charge in [0.1, 0.15) is 0 Å². The molecule has 0 aromatic carbocycles. The van der Waals surface area contributed by atoms with Gasteiger partial charge in [-0.25, -0.2) is 0 Å². The Labute approximate surface area is 100.0 Å². The summed E-state index contributed by atoms with van der Waals surface area (Å²) in [5.41, 5.74) is 0. The van der Waals surface area contributed by atoms with E-state index in [1.165, 1.54) is 38.8 Å². The minimum Gasteiger partial charge on any atom is -0.314 e. The maximum atomic E-state index is 3.70. The van der Waals surface area contributed by atoms with E-state index >= 15 is 0 Å². The summed E-state index contributed by atoms with van der Waals surface area (Å²) in [5.74, 6) is 0. The third-order valence-electron chi connectivity index (χ3n) is 3.85. The lowest BCUT2D eigenvalue weighted by molar-refractivity contribution is 0.316. The fourth-order valence-corrected chi connectivity index (χ4v) is 2.68. The standard InChI is InChI=1S/C13H27N3/c1-3-14-11(2)6-8-15-12-7-9-16(10-12)13-4-5-13/h11-15H,3-10H2,1-2H3. The second-order valence-corrected chi connectivity index (χ2v) is 5.41. The van der Waals surface area contributed by atoms with Gasteiger partial charge in [-0.1, -0.05) is 6.92 Å². The van der Waals surface area contributed by atoms with E-state index in [9.17, 15) is 0 Å². The summed E-state index contributed by atoms with van der Waals surface area (Å²) in [5, 5.41) is 7.16. The molecule has 0 aromatic rings. The molecule has 3 heteroatoms. The van der Waals surface area contributed by atoms with Crippen LogP contribution in [0.25, 0.3) is 0 Å². The van der Waals surface area contributed by atoms with Crippen LogP contribution >= 0.6 is 0 Å². The average Bonchev–Trinajstić information content (AvgIpc) is 3.00. The Morgan fingerprint density at radius 3 is 2.81 bits per heavy atom. The summed E-state index contributed by atoms with van der Waals surface area (Å²) in [6.45, 7) is 9.31. The van der Waals surface area contributed by atoms with Gasteiger partial charge in [-0.05, 0) is 45.7 Å². The van der Waals surface area contributed by atoms with E-state index in [4.69, 9.17) is 0 Å². The molecule has 2 fully saturated rings.